The van der Waals surface area contributed by atoms with Gasteiger partial charge in [0.2, 0.25) is 0 Å². The zero-order chi connectivity index (χ0) is 19.6. The monoisotopic (exact) mass is 372 g/mol. The number of nitrogens with one attached hydrogen (secondary N) is 2. The highest BCUT2D eigenvalue weighted by Crippen LogP contribution is 2.15. The number of hydrogen-bond donors (Lipinski definition) is 2. The molecule has 1 aromatic heterocycles. The second-order valence-electron chi connectivity index (χ2n) is 6.86. The van der Waals surface area contributed by atoms with Crippen molar-refractivity contribution in [3.8, 4) is 0 Å². The summed E-state index contributed by atoms with van der Waals surface area (Å²) in [6, 6.07) is 8.63. The van der Waals surface area contributed by atoms with Crippen LogP contribution in [-0.4, -0.2) is 47.5 Å². The maximum absolute atomic E-state index is 5.12. The van der Waals surface area contributed by atoms with Gasteiger partial charge in [-0.15, -0.1) is 10.2 Å². The van der Waals surface area contributed by atoms with Crippen molar-refractivity contribution in [3.05, 3.63) is 47.0 Å². The number of benzene rings is 1. The van der Waals surface area contributed by atoms with Crippen molar-refractivity contribution < 1.29 is 4.74 Å². The van der Waals surface area contributed by atoms with Crippen molar-refractivity contribution in [1.29, 1.82) is 0 Å². The lowest BCUT2D eigenvalue weighted by atomic mass is 9.99. The minimum Gasteiger partial charge on any atom is -0.385 e. The molecule has 0 aliphatic carbocycles. The Morgan fingerprint density at radius 1 is 1.26 bits per heavy atom. The van der Waals surface area contributed by atoms with E-state index in [9.17, 15) is 0 Å². The minimum atomic E-state index is 0.382. The van der Waals surface area contributed by atoms with Crippen LogP contribution in [0.15, 0.2) is 29.3 Å². The maximum Gasteiger partial charge on any atom is 0.191 e. The summed E-state index contributed by atoms with van der Waals surface area (Å²) in [6.45, 7) is 9.09. The molecule has 0 fully saturated rings. The smallest absolute Gasteiger partial charge is 0.191 e. The van der Waals surface area contributed by atoms with Crippen molar-refractivity contribution in [2.24, 2.45) is 12.0 Å². The number of rotatable bonds is 9. The fraction of sp³-hybridized carbons (Fsp3) is 0.550. The van der Waals surface area contributed by atoms with Crippen LogP contribution in [0.3, 0.4) is 0 Å². The van der Waals surface area contributed by atoms with Gasteiger partial charge in [0.25, 0.3) is 0 Å². The molecule has 148 valence electrons. The lowest BCUT2D eigenvalue weighted by Gasteiger charge is -2.17. The Hall–Kier alpha value is -2.41. The number of nitrogens with zero attached hydrogens (tertiary/aromatic N) is 4. The molecule has 7 nitrogen and oxygen atoms in total. The zero-order valence-electron chi connectivity index (χ0n) is 17.1. The molecule has 0 radical (unpaired) electrons. The van der Waals surface area contributed by atoms with Crippen molar-refractivity contribution in [2.75, 3.05) is 26.8 Å². The standard InChI is InChI=1S/C20H32N6O/c1-15-8-6-9-18(12-15)16(2)13-22-20(21-10-7-11-27-5)23-14-19-25-24-17(3)26(19)4/h6,8-9,12,16H,7,10-11,13-14H2,1-5H3,(H2,21,22,23). The normalized spacial score (nSPS) is 12.9. The van der Waals surface area contributed by atoms with Crippen molar-refractivity contribution in [3.63, 3.8) is 0 Å². The molecule has 27 heavy (non-hydrogen) atoms. The van der Waals surface area contributed by atoms with Crippen LogP contribution in [0.4, 0.5) is 0 Å². The van der Waals surface area contributed by atoms with Gasteiger partial charge in [-0.2, -0.15) is 0 Å². The van der Waals surface area contributed by atoms with Gasteiger partial charge in [-0.3, -0.25) is 0 Å². The summed E-state index contributed by atoms with van der Waals surface area (Å²) in [5.41, 5.74) is 2.61. The molecule has 1 heterocycles. The predicted octanol–water partition coefficient (Wildman–Crippen LogP) is 2.31. The second-order valence-corrected chi connectivity index (χ2v) is 6.86. The van der Waals surface area contributed by atoms with E-state index in [4.69, 9.17) is 4.74 Å². The summed E-state index contributed by atoms with van der Waals surface area (Å²) in [7, 11) is 3.67. The summed E-state index contributed by atoms with van der Waals surface area (Å²) in [6.07, 6.45) is 0.924. The summed E-state index contributed by atoms with van der Waals surface area (Å²) >= 11 is 0. The Morgan fingerprint density at radius 2 is 2.07 bits per heavy atom. The van der Waals surface area contributed by atoms with Gasteiger partial charge in [-0.25, -0.2) is 4.99 Å². The summed E-state index contributed by atoms with van der Waals surface area (Å²) in [5, 5.41) is 15.1. The first-order valence-electron chi connectivity index (χ1n) is 9.43. The van der Waals surface area contributed by atoms with Crippen LogP contribution in [0.1, 0.15) is 42.0 Å². The number of hydrogen-bond acceptors (Lipinski definition) is 4. The average Bonchev–Trinajstić information content (AvgIpc) is 2.98. The first-order chi connectivity index (χ1) is 13.0. The van der Waals surface area contributed by atoms with E-state index in [0.29, 0.717) is 12.5 Å². The van der Waals surface area contributed by atoms with E-state index < -0.39 is 0 Å². The Balaban J connectivity index is 1.98. The van der Waals surface area contributed by atoms with E-state index >= 15 is 0 Å². The molecule has 0 amide bonds. The number of methoxy groups -OCH3 is 1. The Morgan fingerprint density at radius 3 is 2.74 bits per heavy atom. The van der Waals surface area contributed by atoms with Crippen molar-refractivity contribution in [2.45, 2.75) is 39.7 Å². The van der Waals surface area contributed by atoms with Gasteiger partial charge < -0.3 is 19.9 Å². The van der Waals surface area contributed by atoms with Crippen LogP contribution >= 0.6 is 0 Å². The van der Waals surface area contributed by atoms with Crippen LogP contribution in [0.25, 0.3) is 0 Å². The molecule has 0 saturated heterocycles. The van der Waals surface area contributed by atoms with E-state index in [-0.39, 0.29) is 0 Å². The van der Waals surface area contributed by atoms with Gasteiger partial charge in [0.05, 0.1) is 0 Å². The van der Waals surface area contributed by atoms with E-state index in [2.05, 4.69) is 63.9 Å². The van der Waals surface area contributed by atoms with Gasteiger partial charge in [-0.05, 0) is 31.7 Å². The van der Waals surface area contributed by atoms with Gasteiger partial charge in [0, 0.05) is 33.9 Å². The number of ether oxygens (including phenoxy) is 1. The molecule has 2 N–H and O–H groups in total. The largest absolute Gasteiger partial charge is 0.385 e. The highest BCUT2D eigenvalue weighted by molar-refractivity contribution is 5.79. The molecule has 2 rings (SSSR count). The van der Waals surface area contributed by atoms with Gasteiger partial charge in [0.15, 0.2) is 11.8 Å². The van der Waals surface area contributed by atoms with E-state index in [1.165, 1.54) is 11.1 Å². The lowest BCUT2D eigenvalue weighted by Crippen LogP contribution is -2.40. The quantitative estimate of drug-likeness (QED) is 0.401. The molecule has 7 heteroatoms. The van der Waals surface area contributed by atoms with E-state index in [0.717, 1.165) is 43.7 Å². The molecule has 1 atom stereocenters. The molecular weight excluding hydrogens is 340 g/mol. The molecule has 1 aromatic carbocycles. The molecule has 0 bridgehead atoms. The van der Waals surface area contributed by atoms with Crippen LogP contribution in [-0.2, 0) is 18.3 Å². The Labute approximate surface area is 162 Å². The zero-order valence-corrected chi connectivity index (χ0v) is 17.1. The van der Waals surface area contributed by atoms with Crippen LogP contribution in [0, 0.1) is 13.8 Å². The SMILES string of the molecule is COCCCNC(=NCc1nnc(C)n1C)NCC(C)c1cccc(C)c1. The van der Waals surface area contributed by atoms with Gasteiger partial charge in [0.1, 0.15) is 12.4 Å². The molecular formula is C20H32N6O. The fourth-order valence-electron chi connectivity index (χ4n) is 2.68. The molecule has 2 aromatic rings. The van der Waals surface area contributed by atoms with Crippen molar-refractivity contribution in [1.82, 2.24) is 25.4 Å². The highest BCUT2D eigenvalue weighted by Gasteiger charge is 2.08. The Bertz CT molecular complexity index is 740. The summed E-state index contributed by atoms with van der Waals surface area (Å²) in [5.74, 6) is 2.90. The topological polar surface area (TPSA) is 76.4 Å². The summed E-state index contributed by atoms with van der Waals surface area (Å²) in [4.78, 5) is 4.68. The first-order valence-corrected chi connectivity index (χ1v) is 9.43. The molecule has 1 unspecified atom stereocenters. The highest BCUT2D eigenvalue weighted by atomic mass is 16.5. The molecule has 0 spiro atoms. The lowest BCUT2D eigenvalue weighted by molar-refractivity contribution is 0.195. The van der Waals surface area contributed by atoms with Crippen LogP contribution in [0.2, 0.25) is 0 Å². The molecule has 0 aliphatic heterocycles. The van der Waals surface area contributed by atoms with Gasteiger partial charge >= 0.3 is 0 Å². The van der Waals surface area contributed by atoms with Crippen LogP contribution in [0.5, 0.6) is 0 Å². The Kier molecular flexibility index (Phi) is 8.26. The van der Waals surface area contributed by atoms with Crippen molar-refractivity contribution >= 4 is 5.96 Å². The third kappa shape index (κ3) is 6.67. The third-order valence-electron chi connectivity index (χ3n) is 4.57. The minimum absolute atomic E-state index is 0.382. The van der Waals surface area contributed by atoms with E-state index in [1.807, 2.05) is 18.5 Å². The second kappa shape index (κ2) is 10.7. The molecule has 0 saturated carbocycles. The fourth-order valence-corrected chi connectivity index (χ4v) is 2.68. The average molecular weight is 373 g/mol. The maximum atomic E-state index is 5.12. The number of guanidine groups is 1. The number of aryl methyl sites for hydroxylation is 2. The van der Waals surface area contributed by atoms with Gasteiger partial charge in [-0.1, -0.05) is 36.8 Å². The summed E-state index contributed by atoms with van der Waals surface area (Å²) < 4.78 is 7.08. The number of aliphatic imine (C=N–C) groups is 1. The van der Waals surface area contributed by atoms with Crippen LogP contribution < -0.4 is 10.6 Å². The first kappa shape index (κ1) is 20.9. The number of aromatic nitrogens is 3. The third-order valence-corrected chi connectivity index (χ3v) is 4.57. The molecule has 0 aliphatic rings. The van der Waals surface area contributed by atoms with E-state index in [1.54, 1.807) is 7.11 Å². The predicted molar refractivity (Wildman–Crippen MR) is 109 cm³/mol.